The van der Waals surface area contributed by atoms with Gasteiger partial charge in [-0.1, -0.05) is 5.16 Å². The molecule has 0 atom stereocenters. The quantitative estimate of drug-likeness (QED) is 0.701. The number of rotatable bonds is 5. The molecule has 1 aromatic heterocycles. The molecule has 0 saturated heterocycles. The van der Waals surface area contributed by atoms with Gasteiger partial charge >= 0.3 is 5.97 Å². The van der Waals surface area contributed by atoms with Crippen LogP contribution in [0.3, 0.4) is 0 Å². The zero-order valence-electron chi connectivity index (χ0n) is 9.94. The predicted molar refractivity (Wildman–Crippen MR) is 54.7 cm³/mol. The SMILES string of the molecule is CCOC(=O)C(C)(C)c1nc(COC)no1. The van der Waals surface area contributed by atoms with Crippen molar-refractivity contribution in [2.75, 3.05) is 13.7 Å². The van der Waals surface area contributed by atoms with E-state index in [1.165, 1.54) is 7.11 Å². The van der Waals surface area contributed by atoms with Crippen molar-refractivity contribution in [2.24, 2.45) is 0 Å². The number of esters is 1. The number of carbonyl (C=O) groups is 1. The summed E-state index contributed by atoms with van der Waals surface area (Å²) in [6.45, 7) is 5.67. The zero-order chi connectivity index (χ0) is 12.2. The molecule has 6 nitrogen and oxygen atoms in total. The number of hydrogen-bond donors (Lipinski definition) is 0. The van der Waals surface area contributed by atoms with Gasteiger partial charge in [0.05, 0.1) is 6.61 Å². The fourth-order valence-corrected chi connectivity index (χ4v) is 1.09. The van der Waals surface area contributed by atoms with E-state index >= 15 is 0 Å². The van der Waals surface area contributed by atoms with E-state index in [1.54, 1.807) is 20.8 Å². The number of carbonyl (C=O) groups excluding carboxylic acids is 1. The standard InChI is InChI=1S/C10H16N2O4/c1-5-15-9(13)10(2,3)8-11-7(6-14-4)12-16-8/h5-6H2,1-4H3. The summed E-state index contributed by atoms with van der Waals surface area (Å²) in [7, 11) is 1.53. The zero-order valence-corrected chi connectivity index (χ0v) is 9.94. The van der Waals surface area contributed by atoms with Crippen molar-refractivity contribution < 1.29 is 18.8 Å². The number of hydrogen-bond acceptors (Lipinski definition) is 6. The third-order valence-electron chi connectivity index (χ3n) is 2.06. The Hall–Kier alpha value is -1.43. The molecule has 0 amide bonds. The molecule has 0 aliphatic heterocycles. The van der Waals surface area contributed by atoms with E-state index in [4.69, 9.17) is 14.0 Å². The maximum absolute atomic E-state index is 11.7. The highest BCUT2D eigenvalue weighted by molar-refractivity contribution is 5.80. The lowest BCUT2D eigenvalue weighted by molar-refractivity contribution is -0.149. The fourth-order valence-electron chi connectivity index (χ4n) is 1.09. The Labute approximate surface area is 93.9 Å². The minimum absolute atomic E-state index is 0.234. The molecule has 0 aromatic carbocycles. The van der Waals surface area contributed by atoms with Crippen LogP contribution in [0.1, 0.15) is 32.5 Å². The van der Waals surface area contributed by atoms with Gasteiger partial charge in [0.1, 0.15) is 12.0 Å². The van der Waals surface area contributed by atoms with Gasteiger partial charge in [0.2, 0.25) is 5.89 Å². The fraction of sp³-hybridized carbons (Fsp3) is 0.700. The van der Waals surface area contributed by atoms with Crippen LogP contribution in [0.5, 0.6) is 0 Å². The summed E-state index contributed by atoms with van der Waals surface area (Å²) < 4.78 is 14.8. The summed E-state index contributed by atoms with van der Waals surface area (Å²) in [5.41, 5.74) is -0.936. The third-order valence-corrected chi connectivity index (χ3v) is 2.06. The molecule has 0 bridgehead atoms. The molecule has 0 saturated carbocycles. The van der Waals surface area contributed by atoms with Gasteiger partial charge in [-0.15, -0.1) is 0 Å². The minimum atomic E-state index is -0.936. The first kappa shape index (κ1) is 12.6. The first-order chi connectivity index (χ1) is 7.52. The summed E-state index contributed by atoms with van der Waals surface area (Å²) in [6.07, 6.45) is 0. The molecular weight excluding hydrogens is 212 g/mol. The van der Waals surface area contributed by atoms with E-state index in [0.717, 1.165) is 0 Å². The molecule has 90 valence electrons. The first-order valence-corrected chi connectivity index (χ1v) is 5.01. The highest BCUT2D eigenvalue weighted by Gasteiger charge is 2.37. The molecule has 0 fully saturated rings. The van der Waals surface area contributed by atoms with Crippen molar-refractivity contribution >= 4 is 5.97 Å². The van der Waals surface area contributed by atoms with Crippen LogP contribution in [0.4, 0.5) is 0 Å². The topological polar surface area (TPSA) is 74.5 Å². The molecule has 0 aliphatic rings. The number of ether oxygens (including phenoxy) is 2. The molecule has 0 radical (unpaired) electrons. The second kappa shape index (κ2) is 5.07. The smallest absolute Gasteiger partial charge is 0.321 e. The van der Waals surface area contributed by atoms with Gasteiger partial charge in [-0.2, -0.15) is 4.98 Å². The van der Waals surface area contributed by atoms with Gasteiger partial charge in [-0.25, -0.2) is 0 Å². The Morgan fingerprint density at radius 1 is 1.50 bits per heavy atom. The Kier molecular flexibility index (Phi) is 4.00. The Balaban J connectivity index is 2.84. The third kappa shape index (κ3) is 2.57. The van der Waals surface area contributed by atoms with Crippen LogP contribution in [-0.4, -0.2) is 29.8 Å². The maximum atomic E-state index is 11.7. The summed E-state index contributed by atoms with van der Waals surface area (Å²) in [5.74, 6) is 0.260. The number of aromatic nitrogens is 2. The van der Waals surface area contributed by atoms with Crippen molar-refractivity contribution in [3.63, 3.8) is 0 Å². The van der Waals surface area contributed by atoms with Crippen LogP contribution in [0, 0.1) is 0 Å². The molecular formula is C10H16N2O4. The molecule has 1 rings (SSSR count). The molecule has 0 aliphatic carbocycles. The van der Waals surface area contributed by atoms with Gasteiger partial charge in [-0.3, -0.25) is 4.79 Å². The van der Waals surface area contributed by atoms with Crippen molar-refractivity contribution in [1.29, 1.82) is 0 Å². The molecule has 0 spiro atoms. The van der Waals surface area contributed by atoms with Crippen LogP contribution in [0.2, 0.25) is 0 Å². The van der Waals surface area contributed by atoms with Gasteiger partial charge in [-0.05, 0) is 20.8 Å². The van der Waals surface area contributed by atoms with Crippen molar-refractivity contribution in [2.45, 2.75) is 32.8 Å². The number of methoxy groups -OCH3 is 1. The normalized spacial score (nSPS) is 11.5. The van der Waals surface area contributed by atoms with Crippen LogP contribution < -0.4 is 0 Å². The van der Waals surface area contributed by atoms with E-state index in [9.17, 15) is 4.79 Å². The van der Waals surface area contributed by atoms with Crippen molar-refractivity contribution in [3.05, 3.63) is 11.7 Å². The molecule has 1 heterocycles. The Morgan fingerprint density at radius 2 is 2.19 bits per heavy atom. The van der Waals surface area contributed by atoms with E-state index in [0.29, 0.717) is 12.4 Å². The maximum Gasteiger partial charge on any atom is 0.321 e. The van der Waals surface area contributed by atoms with Gasteiger partial charge in [0, 0.05) is 7.11 Å². The lowest BCUT2D eigenvalue weighted by Gasteiger charge is -2.16. The highest BCUT2D eigenvalue weighted by Crippen LogP contribution is 2.23. The van der Waals surface area contributed by atoms with E-state index < -0.39 is 5.41 Å². The molecule has 16 heavy (non-hydrogen) atoms. The molecule has 6 heteroatoms. The van der Waals surface area contributed by atoms with Gasteiger partial charge < -0.3 is 14.0 Å². The van der Waals surface area contributed by atoms with E-state index in [2.05, 4.69) is 10.1 Å². The van der Waals surface area contributed by atoms with Gasteiger partial charge in [0.15, 0.2) is 5.82 Å². The van der Waals surface area contributed by atoms with Gasteiger partial charge in [0.25, 0.3) is 0 Å². The van der Waals surface area contributed by atoms with Crippen molar-refractivity contribution in [1.82, 2.24) is 10.1 Å². The lowest BCUT2D eigenvalue weighted by Crippen LogP contribution is -2.31. The minimum Gasteiger partial charge on any atom is -0.465 e. The Bertz CT molecular complexity index is 359. The van der Waals surface area contributed by atoms with Crippen LogP contribution in [0.25, 0.3) is 0 Å². The Morgan fingerprint density at radius 3 is 2.75 bits per heavy atom. The van der Waals surface area contributed by atoms with Crippen molar-refractivity contribution in [3.8, 4) is 0 Å². The summed E-state index contributed by atoms with van der Waals surface area (Å²) in [4.78, 5) is 15.7. The second-order valence-electron chi connectivity index (χ2n) is 3.79. The largest absolute Gasteiger partial charge is 0.465 e. The molecule has 0 N–H and O–H groups in total. The van der Waals surface area contributed by atoms with Crippen LogP contribution >= 0.6 is 0 Å². The second-order valence-corrected chi connectivity index (χ2v) is 3.79. The van der Waals surface area contributed by atoms with E-state index in [-0.39, 0.29) is 18.5 Å². The average molecular weight is 228 g/mol. The molecule has 0 unspecified atom stereocenters. The summed E-state index contributed by atoms with van der Waals surface area (Å²) >= 11 is 0. The van der Waals surface area contributed by atoms with E-state index in [1.807, 2.05) is 0 Å². The first-order valence-electron chi connectivity index (χ1n) is 5.01. The number of nitrogens with zero attached hydrogens (tertiary/aromatic N) is 2. The summed E-state index contributed by atoms with van der Waals surface area (Å²) in [5, 5.41) is 3.70. The van der Waals surface area contributed by atoms with Crippen LogP contribution in [-0.2, 0) is 26.3 Å². The average Bonchev–Trinajstić information content (AvgIpc) is 2.68. The monoisotopic (exact) mass is 228 g/mol. The predicted octanol–water partition coefficient (Wildman–Crippen LogP) is 1.06. The highest BCUT2D eigenvalue weighted by atomic mass is 16.5. The molecule has 1 aromatic rings. The lowest BCUT2D eigenvalue weighted by atomic mass is 9.94. The van der Waals surface area contributed by atoms with Crippen LogP contribution in [0.15, 0.2) is 4.52 Å². The summed E-state index contributed by atoms with van der Waals surface area (Å²) in [6, 6.07) is 0.